The summed E-state index contributed by atoms with van der Waals surface area (Å²) in [6.45, 7) is 11.8. The van der Waals surface area contributed by atoms with Gasteiger partial charge < -0.3 is 15.3 Å². The van der Waals surface area contributed by atoms with Crippen molar-refractivity contribution >= 4 is 0 Å². The highest BCUT2D eigenvalue weighted by Gasteiger charge is 2.26. The molecule has 0 bridgehead atoms. The second-order valence-corrected chi connectivity index (χ2v) is 6.23. The van der Waals surface area contributed by atoms with Crippen LogP contribution in [0, 0.1) is 11.8 Å². The third kappa shape index (κ3) is 6.17. The maximum atomic E-state index is 8.85. The van der Waals surface area contributed by atoms with Gasteiger partial charge in [0, 0.05) is 32.3 Å². The molecule has 2 atom stereocenters. The standard InChI is InChI=1S/C15H32N2O/c1-4-6-14-9-15(16-7-5-8-18)12-17(11-14)10-13(2)3/h13-16,18H,4-12H2,1-3H3. The summed E-state index contributed by atoms with van der Waals surface area (Å²) < 4.78 is 0. The molecule has 0 amide bonds. The Bertz CT molecular complexity index is 209. The van der Waals surface area contributed by atoms with E-state index in [2.05, 4.69) is 31.0 Å². The largest absolute Gasteiger partial charge is 0.396 e. The third-order valence-corrected chi connectivity index (χ3v) is 3.70. The van der Waals surface area contributed by atoms with Crippen molar-refractivity contribution in [2.75, 3.05) is 32.8 Å². The van der Waals surface area contributed by atoms with Crippen molar-refractivity contribution in [3.8, 4) is 0 Å². The summed E-state index contributed by atoms with van der Waals surface area (Å²) in [5, 5.41) is 12.5. The molecule has 0 radical (unpaired) electrons. The number of likely N-dealkylation sites (tertiary alicyclic amines) is 1. The smallest absolute Gasteiger partial charge is 0.0443 e. The highest BCUT2D eigenvalue weighted by Crippen LogP contribution is 2.22. The van der Waals surface area contributed by atoms with E-state index in [0.29, 0.717) is 12.6 Å². The van der Waals surface area contributed by atoms with E-state index in [4.69, 9.17) is 5.11 Å². The summed E-state index contributed by atoms with van der Waals surface area (Å²) in [6.07, 6.45) is 4.84. The lowest BCUT2D eigenvalue weighted by Gasteiger charge is -2.39. The van der Waals surface area contributed by atoms with Gasteiger partial charge in [-0.3, -0.25) is 0 Å². The zero-order chi connectivity index (χ0) is 13.4. The molecule has 0 saturated carbocycles. The Balaban J connectivity index is 2.40. The molecule has 1 aliphatic heterocycles. The van der Waals surface area contributed by atoms with Crippen LogP contribution < -0.4 is 5.32 Å². The second kappa shape index (κ2) is 8.89. The molecule has 18 heavy (non-hydrogen) atoms. The van der Waals surface area contributed by atoms with Gasteiger partial charge in [-0.25, -0.2) is 0 Å². The van der Waals surface area contributed by atoms with E-state index < -0.39 is 0 Å². The SMILES string of the molecule is CCCC1CC(NCCCO)CN(CC(C)C)C1. The summed E-state index contributed by atoms with van der Waals surface area (Å²) >= 11 is 0. The Morgan fingerprint density at radius 3 is 2.72 bits per heavy atom. The van der Waals surface area contributed by atoms with Crippen LogP contribution in [0.15, 0.2) is 0 Å². The first-order chi connectivity index (χ1) is 8.65. The number of piperidine rings is 1. The van der Waals surface area contributed by atoms with Gasteiger partial charge >= 0.3 is 0 Å². The molecular formula is C15H32N2O. The fourth-order valence-corrected chi connectivity index (χ4v) is 3.12. The Morgan fingerprint density at radius 1 is 1.33 bits per heavy atom. The predicted molar refractivity (Wildman–Crippen MR) is 77.8 cm³/mol. The first-order valence-corrected chi connectivity index (χ1v) is 7.72. The molecule has 1 heterocycles. The monoisotopic (exact) mass is 256 g/mol. The molecular weight excluding hydrogens is 224 g/mol. The van der Waals surface area contributed by atoms with Crippen LogP contribution >= 0.6 is 0 Å². The zero-order valence-corrected chi connectivity index (χ0v) is 12.5. The topological polar surface area (TPSA) is 35.5 Å². The lowest BCUT2D eigenvalue weighted by molar-refractivity contribution is 0.122. The third-order valence-electron chi connectivity index (χ3n) is 3.70. The Kier molecular flexibility index (Phi) is 7.87. The molecule has 0 aromatic rings. The minimum Gasteiger partial charge on any atom is -0.396 e. The van der Waals surface area contributed by atoms with Crippen molar-refractivity contribution in [1.82, 2.24) is 10.2 Å². The van der Waals surface area contributed by atoms with E-state index in [1.54, 1.807) is 0 Å². The van der Waals surface area contributed by atoms with E-state index in [-0.39, 0.29) is 0 Å². The maximum Gasteiger partial charge on any atom is 0.0443 e. The van der Waals surface area contributed by atoms with Gasteiger partial charge in [0.2, 0.25) is 0 Å². The van der Waals surface area contributed by atoms with Crippen LogP contribution in [0.3, 0.4) is 0 Å². The van der Waals surface area contributed by atoms with Crippen molar-refractivity contribution in [3.63, 3.8) is 0 Å². The highest BCUT2D eigenvalue weighted by molar-refractivity contribution is 4.83. The lowest BCUT2D eigenvalue weighted by atomic mass is 9.90. The van der Waals surface area contributed by atoms with Crippen LogP contribution in [0.2, 0.25) is 0 Å². The average Bonchev–Trinajstić information content (AvgIpc) is 2.28. The number of rotatable bonds is 8. The predicted octanol–water partition coefficient (Wildman–Crippen LogP) is 2.10. The van der Waals surface area contributed by atoms with Crippen LogP contribution in [0.1, 0.15) is 46.5 Å². The Morgan fingerprint density at radius 2 is 2.11 bits per heavy atom. The fraction of sp³-hybridized carbons (Fsp3) is 1.00. The van der Waals surface area contributed by atoms with Gasteiger partial charge in [-0.15, -0.1) is 0 Å². The van der Waals surface area contributed by atoms with Crippen LogP contribution in [0.5, 0.6) is 0 Å². The number of nitrogens with one attached hydrogen (secondary N) is 1. The van der Waals surface area contributed by atoms with Crippen molar-refractivity contribution in [3.05, 3.63) is 0 Å². The van der Waals surface area contributed by atoms with Gasteiger partial charge in [0.15, 0.2) is 0 Å². The molecule has 3 heteroatoms. The highest BCUT2D eigenvalue weighted by atomic mass is 16.3. The number of aliphatic hydroxyl groups excluding tert-OH is 1. The van der Waals surface area contributed by atoms with Crippen molar-refractivity contribution in [2.24, 2.45) is 11.8 Å². The van der Waals surface area contributed by atoms with Gasteiger partial charge in [-0.2, -0.15) is 0 Å². The fourth-order valence-electron chi connectivity index (χ4n) is 3.12. The molecule has 1 fully saturated rings. The summed E-state index contributed by atoms with van der Waals surface area (Å²) in [5.74, 6) is 1.61. The van der Waals surface area contributed by atoms with Crippen molar-refractivity contribution in [2.45, 2.75) is 52.5 Å². The van der Waals surface area contributed by atoms with Gasteiger partial charge in [-0.05, 0) is 37.6 Å². The van der Waals surface area contributed by atoms with Crippen molar-refractivity contribution in [1.29, 1.82) is 0 Å². The van der Waals surface area contributed by atoms with E-state index in [9.17, 15) is 0 Å². The van der Waals surface area contributed by atoms with Crippen LogP contribution in [-0.2, 0) is 0 Å². The molecule has 2 N–H and O–H groups in total. The van der Waals surface area contributed by atoms with Gasteiger partial charge in [-0.1, -0.05) is 27.2 Å². The molecule has 1 rings (SSSR count). The molecule has 0 aliphatic carbocycles. The van der Waals surface area contributed by atoms with Crippen molar-refractivity contribution < 1.29 is 5.11 Å². The number of hydrogen-bond acceptors (Lipinski definition) is 3. The normalized spacial score (nSPS) is 25.8. The van der Waals surface area contributed by atoms with Crippen LogP contribution in [-0.4, -0.2) is 48.8 Å². The Hall–Kier alpha value is -0.120. The van der Waals surface area contributed by atoms with Gasteiger partial charge in [0.25, 0.3) is 0 Å². The minimum atomic E-state index is 0.299. The van der Waals surface area contributed by atoms with E-state index in [1.807, 2.05) is 0 Å². The average molecular weight is 256 g/mol. The van der Waals surface area contributed by atoms with E-state index >= 15 is 0 Å². The maximum absolute atomic E-state index is 8.85. The molecule has 1 aliphatic rings. The molecule has 0 aromatic carbocycles. The van der Waals surface area contributed by atoms with Crippen LogP contribution in [0.4, 0.5) is 0 Å². The summed E-state index contributed by atoms with van der Waals surface area (Å²) in [5.41, 5.74) is 0. The zero-order valence-electron chi connectivity index (χ0n) is 12.5. The number of aliphatic hydroxyl groups is 1. The van der Waals surface area contributed by atoms with Gasteiger partial charge in [0.1, 0.15) is 0 Å². The van der Waals surface area contributed by atoms with Crippen LogP contribution in [0.25, 0.3) is 0 Å². The first kappa shape index (κ1) is 15.9. The lowest BCUT2D eigenvalue weighted by Crippen LogP contribution is -2.50. The first-order valence-electron chi connectivity index (χ1n) is 7.72. The number of hydrogen-bond donors (Lipinski definition) is 2. The molecule has 0 aromatic heterocycles. The summed E-state index contributed by atoms with van der Waals surface area (Å²) in [6, 6.07) is 0.626. The molecule has 1 saturated heterocycles. The van der Waals surface area contributed by atoms with E-state index in [1.165, 1.54) is 38.9 Å². The van der Waals surface area contributed by atoms with Gasteiger partial charge in [0.05, 0.1) is 0 Å². The molecule has 2 unspecified atom stereocenters. The molecule has 108 valence electrons. The summed E-state index contributed by atoms with van der Waals surface area (Å²) in [7, 11) is 0. The van der Waals surface area contributed by atoms with E-state index in [0.717, 1.165) is 24.8 Å². The molecule has 3 nitrogen and oxygen atoms in total. The minimum absolute atomic E-state index is 0.299. The summed E-state index contributed by atoms with van der Waals surface area (Å²) in [4.78, 5) is 2.63. The Labute approximate surface area is 113 Å². The quantitative estimate of drug-likeness (QED) is 0.653. The number of nitrogens with zero attached hydrogens (tertiary/aromatic N) is 1. The molecule has 0 spiro atoms. The second-order valence-electron chi connectivity index (χ2n) is 6.23.